The van der Waals surface area contributed by atoms with Crippen molar-refractivity contribution in [3.05, 3.63) is 65.2 Å². The van der Waals surface area contributed by atoms with E-state index in [-0.39, 0.29) is 18.0 Å². The van der Waals surface area contributed by atoms with Crippen LogP contribution in [-0.2, 0) is 10.0 Å². The van der Waals surface area contributed by atoms with Gasteiger partial charge in [-0.3, -0.25) is 0 Å². The predicted molar refractivity (Wildman–Crippen MR) is 123 cm³/mol. The minimum Gasteiger partial charge on any atom is -0.497 e. The van der Waals surface area contributed by atoms with Gasteiger partial charge < -0.3 is 9.84 Å². The smallest absolute Gasteiger partial charge is 0.243 e. The highest BCUT2D eigenvalue weighted by molar-refractivity contribution is 7.89. The number of aryl methyl sites for hydroxylation is 1. The zero-order valence-corrected chi connectivity index (χ0v) is 19.1. The predicted octanol–water partition coefficient (Wildman–Crippen LogP) is 4.02. The van der Waals surface area contributed by atoms with Crippen molar-refractivity contribution >= 4 is 15.6 Å². The van der Waals surface area contributed by atoms with Crippen molar-refractivity contribution in [2.24, 2.45) is 0 Å². The molecule has 1 aliphatic heterocycles. The van der Waals surface area contributed by atoms with Crippen molar-refractivity contribution in [1.29, 1.82) is 0 Å². The van der Waals surface area contributed by atoms with Crippen LogP contribution in [-0.4, -0.2) is 44.1 Å². The molecule has 0 amide bonds. The van der Waals surface area contributed by atoms with Gasteiger partial charge in [-0.15, -0.1) is 0 Å². The summed E-state index contributed by atoms with van der Waals surface area (Å²) < 4.78 is 33.1. The molecule has 0 saturated heterocycles. The van der Waals surface area contributed by atoms with Gasteiger partial charge in [0.15, 0.2) is 0 Å². The van der Waals surface area contributed by atoms with E-state index in [9.17, 15) is 13.5 Å². The first kappa shape index (κ1) is 23.1. The van der Waals surface area contributed by atoms with Crippen LogP contribution in [0.2, 0.25) is 0 Å². The van der Waals surface area contributed by atoms with Crippen LogP contribution in [0, 0.1) is 18.8 Å². The van der Waals surface area contributed by atoms with Gasteiger partial charge in [0.05, 0.1) is 12.0 Å². The van der Waals surface area contributed by atoms with Crippen LogP contribution in [0.1, 0.15) is 37.3 Å². The minimum absolute atomic E-state index is 0.0202. The van der Waals surface area contributed by atoms with Gasteiger partial charge in [-0.25, -0.2) is 8.42 Å². The third-order valence-electron chi connectivity index (χ3n) is 5.35. The Morgan fingerprint density at radius 2 is 1.81 bits per heavy atom. The molecule has 0 aromatic heterocycles. The van der Waals surface area contributed by atoms with Gasteiger partial charge in [-0.05, 0) is 48.7 Å². The highest BCUT2D eigenvalue weighted by Gasteiger charge is 2.34. The summed E-state index contributed by atoms with van der Waals surface area (Å²) in [5.74, 6) is 6.98. The Morgan fingerprint density at radius 1 is 1.13 bits per heavy atom. The van der Waals surface area contributed by atoms with E-state index >= 15 is 0 Å². The number of aliphatic hydroxyl groups is 1. The van der Waals surface area contributed by atoms with E-state index in [0.29, 0.717) is 11.3 Å². The summed E-state index contributed by atoms with van der Waals surface area (Å²) in [5, 5.41) is 10.9. The minimum atomic E-state index is -3.75. The number of sulfonamides is 1. The average Bonchev–Trinajstić information content (AvgIpc) is 2.77. The number of nitrogens with zero attached hydrogens (tertiary/aromatic N) is 1. The molecule has 1 aliphatic rings. The van der Waals surface area contributed by atoms with Crippen molar-refractivity contribution in [3.63, 3.8) is 0 Å². The third-order valence-corrected chi connectivity index (χ3v) is 7.17. The van der Waals surface area contributed by atoms with Crippen molar-refractivity contribution in [2.75, 3.05) is 20.2 Å². The molecule has 1 heterocycles. The number of β-amino-alcohol motifs (C(OH)–C–C–N with tert-alkyl or cyclic N) is 1. The fourth-order valence-corrected chi connectivity index (χ4v) is 4.89. The molecule has 1 N–H and O–H groups in total. The quantitative estimate of drug-likeness (QED) is 0.545. The molecule has 0 fully saturated rings. The van der Waals surface area contributed by atoms with Gasteiger partial charge in [0, 0.05) is 25.1 Å². The van der Waals surface area contributed by atoms with Gasteiger partial charge in [0.1, 0.15) is 11.9 Å². The molecule has 2 aromatic rings. The number of unbranched alkanes of at least 4 members (excludes halogenated alkanes) is 2. The van der Waals surface area contributed by atoms with Gasteiger partial charge in [0.2, 0.25) is 10.0 Å². The van der Waals surface area contributed by atoms with Crippen LogP contribution >= 0.6 is 0 Å². The maximum atomic E-state index is 13.3. The molecular formula is C25H29NO4S. The lowest BCUT2D eigenvalue weighted by Crippen LogP contribution is -2.43. The first-order valence-electron chi connectivity index (χ1n) is 10.5. The Labute approximate surface area is 185 Å². The number of aliphatic hydroxyl groups excluding tert-OH is 1. The monoisotopic (exact) mass is 439 g/mol. The Bertz CT molecular complexity index is 1090. The van der Waals surface area contributed by atoms with Gasteiger partial charge >= 0.3 is 0 Å². The van der Waals surface area contributed by atoms with Crippen LogP contribution < -0.4 is 4.74 Å². The Morgan fingerprint density at radius 3 is 2.42 bits per heavy atom. The molecule has 5 nitrogen and oxygen atoms in total. The molecule has 3 rings (SSSR count). The lowest BCUT2D eigenvalue weighted by Gasteiger charge is -2.32. The van der Waals surface area contributed by atoms with E-state index in [2.05, 4.69) is 18.8 Å². The van der Waals surface area contributed by atoms with E-state index in [4.69, 9.17) is 4.74 Å². The van der Waals surface area contributed by atoms with Crippen molar-refractivity contribution in [2.45, 2.75) is 44.1 Å². The van der Waals surface area contributed by atoms with Crippen LogP contribution in [0.15, 0.2) is 59.0 Å². The number of rotatable bonds is 6. The number of ether oxygens (including phenoxy) is 1. The van der Waals surface area contributed by atoms with E-state index in [1.807, 2.05) is 31.2 Å². The van der Waals surface area contributed by atoms with Crippen LogP contribution in [0.3, 0.4) is 0 Å². The number of hydrogen-bond acceptors (Lipinski definition) is 4. The second-order valence-electron chi connectivity index (χ2n) is 7.65. The highest BCUT2D eigenvalue weighted by Crippen LogP contribution is 2.31. The van der Waals surface area contributed by atoms with Gasteiger partial charge in [-0.1, -0.05) is 55.0 Å². The number of hydrogen-bond donors (Lipinski definition) is 1. The van der Waals surface area contributed by atoms with E-state index in [1.165, 1.54) is 4.31 Å². The van der Waals surface area contributed by atoms with Crippen molar-refractivity contribution in [1.82, 2.24) is 4.31 Å². The first-order valence-corrected chi connectivity index (χ1v) is 11.9. The molecule has 31 heavy (non-hydrogen) atoms. The molecule has 0 saturated carbocycles. The summed E-state index contributed by atoms with van der Waals surface area (Å²) in [6.45, 7) is 4.15. The number of methoxy groups -OCH3 is 1. The molecule has 0 spiro atoms. The normalized spacial score (nSPS) is 17.2. The Hall–Kier alpha value is -2.59. The maximum Gasteiger partial charge on any atom is 0.243 e. The second kappa shape index (κ2) is 10.1. The average molecular weight is 440 g/mol. The molecule has 1 unspecified atom stereocenters. The van der Waals surface area contributed by atoms with Gasteiger partial charge in [-0.2, -0.15) is 4.31 Å². The largest absolute Gasteiger partial charge is 0.497 e. The van der Waals surface area contributed by atoms with E-state index in [0.717, 1.165) is 36.0 Å². The summed E-state index contributed by atoms with van der Waals surface area (Å²) in [6, 6.07) is 14.2. The van der Waals surface area contributed by atoms with E-state index < -0.39 is 16.1 Å². The summed E-state index contributed by atoms with van der Waals surface area (Å²) in [6.07, 6.45) is 1.79. The molecule has 2 aromatic carbocycles. The first-order chi connectivity index (χ1) is 14.9. The van der Waals surface area contributed by atoms with Crippen molar-refractivity contribution in [3.8, 4) is 17.6 Å². The standard InChI is InChI=1S/C25H29NO4S/c1-4-5-6-7-8-23-24(20-11-13-21(30-3)14-12-20)17-26(18-25(23)27)31(28,29)22-15-9-19(2)10-16-22/h9-16,25,27H,4-6,17-18H2,1-3H3. The summed E-state index contributed by atoms with van der Waals surface area (Å²) >= 11 is 0. The molecule has 0 radical (unpaired) electrons. The SMILES string of the molecule is CCCCC#CC1=C(c2ccc(OC)cc2)CN(S(=O)(=O)c2ccc(C)cc2)CC1O. The maximum absolute atomic E-state index is 13.3. The van der Waals surface area contributed by atoms with E-state index in [1.54, 1.807) is 31.4 Å². The summed E-state index contributed by atoms with van der Waals surface area (Å²) in [4.78, 5) is 0.219. The second-order valence-corrected chi connectivity index (χ2v) is 9.59. The van der Waals surface area contributed by atoms with Crippen molar-refractivity contribution < 1.29 is 18.3 Å². The van der Waals surface area contributed by atoms with Crippen LogP contribution in [0.25, 0.3) is 5.57 Å². The Balaban J connectivity index is 2.02. The lowest BCUT2D eigenvalue weighted by atomic mass is 9.93. The summed E-state index contributed by atoms with van der Waals surface area (Å²) in [5.41, 5.74) is 3.13. The fourth-order valence-electron chi connectivity index (χ4n) is 3.47. The van der Waals surface area contributed by atoms with Crippen LogP contribution in [0.4, 0.5) is 0 Å². The zero-order valence-electron chi connectivity index (χ0n) is 18.3. The van der Waals surface area contributed by atoms with Crippen LogP contribution in [0.5, 0.6) is 5.75 Å². The molecule has 164 valence electrons. The molecule has 6 heteroatoms. The molecule has 0 aliphatic carbocycles. The topological polar surface area (TPSA) is 66.8 Å². The third kappa shape index (κ3) is 5.37. The Kier molecular flexibility index (Phi) is 7.55. The molecule has 1 atom stereocenters. The fraction of sp³-hybridized carbons (Fsp3) is 0.360. The summed E-state index contributed by atoms with van der Waals surface area (Å²) in [7, 11) is -2.16. The molecular weight excluding hydrogens is 410 g/mol. The van der Waals surface area contributed by atoms with Gasteiger partial charge in [0.25, 0.3) is 0 Å². The lowest BCUT2D eigenvalue weighted by molar-refractivity contribution is 0.179. The highest BCUT2D eigenvalue weighted by atomic mass is 32.2. The zero-order chi connectivity index (χ0) is 22.4. The molecule has 0 bridgehead atoms. The number of benzene rings is 2.